The first kappa shape index (κ1) is 17.4. The first-order valence-corrected chi connectivity index (χ1v) is 7.58. The molecule has 1 aliphatic heterocycles. The Balaban J connectivity index is 2.42. The van der Waals surface area contributed by atoms with E-state index in [1.807, 2.05) is 13.8 Å². The first-order chi connectivity index (χ1) is 10.6. The molecule has 1 aliphatic rings. The maximum Gasteiger partial charge on any atom is 0.269 e. The Bertz CT molecular complexity index is 640. The van der Waals surface area contributed by atoms with Gasteiger partial charge in [0.05, 0.1) is 28.2 Å². The van der Waals surface area contributed by atoms with Crippen molar-refractivity contribution in [1.82, 2.24) is 0 Å². The van der Waals surface area contributed by atoms with Gasteiger partial charge in [-0.2, -0.15) is 0 Å². The van der Waals surface area contributed by atoms with Crippen LogP contribution in [0.3, 0.4) is 0 Å². The number of nitrogens with zero attached hydrogens (tertiary/aromatic N) is 2. The zero-order valence-corrected chi connectivity index (χ0v) is 13.9. The number of nitrogens with two attached hydrogens (primary N) is 1. The molecule has 2 rings (SSSR count). The summed E-state index contributed by atoms with van der Waals surface area (Å²) in [7, 11) is 0. The van der Waals surface area contributed by atoms with Gasteiger partial charge in [0.15, 0.2) is 0 Å². The Morgan fingerprint density at radius 3 is 2.61 bits per heavy atom. The summed E-state index contributed by atoms with van der Waals surface area (Å²) in [6.07, 6.45) is -0.452. The Kier molecular flexibility index (Phi) is 4.45. The van der Waals surface area contributed by atoms with Gasteiger partial charge in [0.1, 0.15) is 5.54 Å². The summed E-state index contributed by atoms with van der Waals surface area (Å²) < 4.78 is 0. The Morgan fingerprint density at radius 1 is 1.39 bits per heavy atom. The van der Waals surface area contributed by atoms with E-state index in [2.05, 4.69) is 24.3 Å². The van der Waals surface area contributed by atoms with Gasteiger partial charge in [-0.3, -0.25) is 10.1 Å². The average Bonchev–Trinajstić information content (AvgIpc) is 2.43. The van der Waals surface area contributed by atoms with Crippen molar-refractivity contribution >= 4 is 11.4 Å². The minimum atomic E-state index is -0.983. The lowest BCUT2D eigenvalue weighted by Crippen LogP contribution is -3.07. The van der Waals surface area contributed by atoms with Gasteiger partial charge in [-0.15, -0.1) is 0 Å². The third-order valence-electron chi connectivity index (χ3n) is 4.43. The van der Waals surface area contributed by atoms with Crippen LogP contribution in [0.25, 0.3) is 0 Å². The summed E-state index contributed by atoms with van der Waals surface area (Å²) >= 11 is 0. The summed E-state index contributed by atoms with van der Waals surface area (Å²) in [5.74, 6) is -0.442. The molecule has 2 atom stereocenters. The second kappa shape index (κ2) is 5.90. The Labute approximate surface area is 135 Å². The van der Waals surface area contributed by atoms with E-state index in [-0.39, 0.29) is 11.2 Å². The molecule has 7 heteroatoms. The number of nitro groups is 1. The molecule has 1 fully saturated rings. The summed E-state index contributed by atoms with van der Waals surface area (Å²) in [5, 5.41) is 36.8. The number of aliphatic hydroxyl groups is 1. The molecule has 1 aromatic carbocycles. The van der Waals surface area contributed by atoms with Crippen molar-refractivity contribution in [3.8, 4) is 0 Å². The van der Waals surface area contributed by atoms with E-state index >= 15 is 0 Å². The number of quaternary nitrogens is 1. The fraction of sp³-hybridized carbons (Fsp3) is 0.562. The SMILES string of the molecule is CC1(C)C/C(=N/O)[C@@H]([C@H](O)c2cccc([N+](=O)[O-])c2)C(C)(C)[NH2+]1. The van der Waals surface area contributed by atoms with E-state index in [0.717, 1.165) is 0 Å². The van der Waals surface area contributed by atoms with E-state index in [4.69, 9.17) is 0 Å². The second-order valence-corrected chi connectivity index (χ2v) is 7.50. The van der Waals surface area contributed by atoms with Crippen molar-refractivity contribution in [2.24, 2.45) is 11.1 Å². The number of oxime groups is 1. The predicted molar refractivity (Wildman–Crippen MR) is 85.5 cm³/mol. The van der Waals surface area contributed by atoms with Crippen LogP contribution in [0.2, 0.25) is 0 Å². The van der Waals surface area contributed by atoms with Crippen molar-refractivity contribution < 1.29 is 20.6 Å². The molecule has 23 heavy (non-hydrogen) atoms. The van der Waals surface area contributed by atoms with Crippen LogP contribution in [0.5, 0.6) is 0 Å². The van der Waals surface area contributed by atoms with Crippen LogP contribution in [-0.2, 0) is 0 Å². The lowest BCUT2D eigenvalue weighted by Gasteiger charge is -2.46. The number of aliphatic hydroxyl groups excluding tert-OH is 1. The monoisotopic (exact) mass is 322 g/mol. The van der Waals surface area contributed by atoms with Gasteiger partial charge in [0.2, 0.25) is 0 Å². The highest BCUT2D eigenvalue weighted by Crippen LogP contribution is 2.36. The lowest BCUT2D eigenvalue weighted by atomic mass is 9.69. The molecule has 126 valence electrons. The molecule has 0 amide bonds. The zero-order chi connectivity index (χ0) is 17.4. The smallest absolute Gasteiger partial charge is 0.269 e. The molecule has 0 radical (unpaired) electrons. The minimum Gasteiger partial charge on any atom is -0.411 e. The number of benzene rings is 1. The van der Waals surface area contributed by atoms with Gasteiger partial charge in [-0.1, -0.05) is 17.3 Å². The first-order valence-electron chi connectivity index (χ1n) is 7.58. The number of hydrogen-bond acceptors (Lipinski definition) is 5. The van der Waals surface area contributed by atoms with Gasteiger partial charge >= 0.3 is 0 Å². The van der Waals surface area contributed by atoms with Crippen LogP contribution in [0.4, 0.5) is 5.69 Å². The molecule has 0 spiro atoms. The molecule has 1 heterocycles. The summed E-state index contributed by atoms with van der Waals surface area (Å²) in [6, 6.07) is 5.96. The molecular weight excluding hydrogens is 298 g/mol. The molecule has 7 nitrogen and oxygen atoms in total. The number of hydrogen-bond donors (Lipinski definition) is 3. The van der Waals surface area contributed by atoms with Gasteiger partial charge in [0, 0.05) is 18.6 Å². The maximum absolute atomic E-state index is 10.9. The fourth-order valence-corrected chi connectivity index (χ4v) is 3.86. The van der Waals surface area contributed by atoms with Crippen molar-refractivity contribution in [3.05, 3.63) is 39.9 Å². The molecule has 0 unspecified atom stereocenters. The lowest BCUT2D eigenvalue weighted by molar-refractivity contribution is -0.787. The van der Waals surface area contributed by atoms with E-state index in [9.17, 15) is 20.4 Å². The highest BCUT2D eigenvalue weighted by molar-refractivity contribution is 5.89. The van der Waals surface area contributed by atoms with Crippen LogP contribution >= 0.6 is 0 Å². The van der Waals surface area contributed by atoms with Crippen molar-refractivity contribution in [1.29, 1.82) is 0 Å². The third-order valence-corrected chi connectivity index (χ3v) is 4.43. The van der Waals surface area contributed by atoms with Gasteiger partial charge in [-0.25, -0.2) is 0 Å². The molecular formula is C16H24N3O4+. The van der Waals surface area contributed by atoms with E-state index < -0.39 is 22.5 Å². The second-order valence-electron chi connectivity index (χ2n) is 7.50. The van der Waals surface area contributed by atoms with Gasteiger partial charge in [-0.05, 0) is 33.3 Å². The quantitative estimate of drug-likeness (QED) is 0.445. The highest BCUT2D eigenvalue weighted by atomic mass is 16.6. The predicted octanol–water partition coefficient (Wildman–Crippen LogP) is 1.60. The molecule has 1 saturated heterocycles. The normalized spacial score (nSPS) is 26.0. The molecule has 0 saturated carbocycles. The van der Waals surface area contributed by atoms with Crippen LogP contribution in [0, 0.1) is 16.0 Å². The fourth-order valence-electron chi connectivity index (χ4n) is 3.86. The zero-order valence-electron chi connectivity index (χ0n) is 13.9. The summed E-state index contributed by atoms with van der Waals surface area (Å²) in [6.45, 7) is 8.06. The number of rotatable bonds is 3. The number of non-ortho nitro benzene ring substituents is 1. The Morgan fingerprint density at radius 2 is 2.04 bits per heavy atom. The third kappa shape index (κ3) is 3.51. The molecule has 4 N–H and O–H groups in total. The number of piperidine rings is 1. The van der Waals surface area contributed by atoms with Crippen molar-refractivity contribution in [3.63, 3.8) is 0 Å². The topological polar surface area (TPSA) is 113 Å². The largest absolute Gasteiger partial charge is 0.411 e. The molecule has 0 aliphatic carbocycles. The Hall–Kier alpha value is -1.99. The van der Waals surface area contributed by atoms with E-state index in [1.54, 1.807) is 12.1 Å². The van der Waals surface area contributed by atoms with Crippen LogP contribution in [0.1, 0.15) is 45.8 Å². The summed E-state index contributed by atoms with van der Waals surface area (Å²) in [4.78, 5) is 10.5. The number of nitro benzene ring substituents is 1. The molecule has 0 bridgehead atoms. The minimum absolute atomic E-state index is 0.0676. The van der Waals surface area contributed by atoms with E-state index in [0.29, 0.717) is 17.7 Å². The van der Waals surface area contributed by atoms with E-state index in [1.165, 1.54) is 12.1 Å². The van der Waals surface area contributed by atoms with Gasteiger partial charge in [0.25, 0.3) is 5.69 Å². The highest BCUT2D eigenvalue weighted by Gasteiger charge is 2.51. The van der Waals surface area contributed by atoms with Crippen LogP contribution in [-0.4, -0.2) is 32.0 Å². The van der Waals surface area contributed by atoms with Crippen molar-refractivity contribution in [2.45, 2.75) is 51.3 Å². The molecule has 0 aromatic heterocycles. The van der Waals surface area contributed by atoms with Crippen LogP contribution in [0.15, 0.2) is 29.4 Å². The van der Waals surface area contributed by atoms with Gasteiger partial charge < -0.3 is 15.6 Å². The molecule has 1 aromatic rings. The maximum atomic E-state index is 10.9. The average molecular weight is 322 g/mol. The van der Waals surface area contributed by atoms with Crippen molar-refractivity contribution in [2.75, 3.05) is 0 Å². The van der Waals surface area contributed by atoms with Crippen LogP contribution < -0.4 is 5.32 Å². The summed E-state index contributed by atoms with van der Waals surface area (Å²) in [5.41, 5.74) is 0.326. The standard InChI is InChI=1S/C16H23N3O4/c1-15(2)9-12(17-21)13(16(3,4)18-15)14(20)10-6-5-7-11(8-10)19(22)23/h5-8,13-14,18,20-21H,9H2,1-4H3/p+1/b17-12-/t13-,14+/m0/s1.